The SMILES string of the molecule is c1ccc(-c2cccc(-c3cc(-c4nc(-c5ccccc5)nc(-c5ccc6ccccc6c5)n4)c4c(c3)oc3cc5ccccc5cc34)c2)cc1. The van der Waals surface area contributed by atoms with Gasteiger partial charge in [-0.2, -0.15) is 0 Å². The van der Waals surface area contributed by atoms with E-state index in [2.05, 4.69) is 140 Å². The van der Waals surface area contributed by atoms with Crippen LogP contribution in [-0.4, -0.2) is 15.0 Å². The molecule has 2 heterocycles. The van der Waals surface area contributed by atoms with Crippen molar-refractivity contribution in [3.63, 3.8) is 0 Å². The third-order valence-corrected chi connectivity index (χ3v) is 9.66. The molecule has 0 saturated heterocycles. The Kier molecular flexibility index (Phi) is 6.78. The minimum Gasteiger partial charge on any atom is -0.456 e. The van der Waals surface area contributed by atoms with Gasteiger partial charge in [-0.25, -0.2) is 15.0 Å². The predicted molar refractivity (Wildman–Crippen MR) is 209 cm³/mol. The summed E-state index contributed by atoms with van der Waals surface area (Å²) < 4.78 is 6.71. The lowest BCUT2D eigenvalue weighted by atomic mass is 9.95. The second kappa shape index (κ2) is 11.9. The average molecular weight is 652 g/mol. The number of hydrogen-bond acceptors (Lipinski definition) is 4. The Morgan fingerprint density at radius 2 is 0.882 bits per heavy atom. The Morgan fingerprint density at radius 1 is 0.314 bits per heavy atom. The molecule has 2 aromatic heterocycles. The maximum atomic E-state index is 6.71. The molecule has 10 aromatic rings. The monoisotopic (exact) mass is 651 g/mol. The zero-order valence-electron chi connectivity index (χ0n) is 27.5. The molecular formula is C47H29N3O. The second-order valence-electron chi connectivity index (χ2n) is 12.9. The molecule has 0 atom stereocenters. The Morgan fingerprint density at radius 3 is 1.63 bits per heavy atom. The van der Waals surface area contributed by atoms with Gasteiger partial charge >= 0.3 is 0 Å². The predicted octanol–water partition coefficient (Wildman–Crippen LogP) is 12.4. The molecule has 0 fully saturated rings. The molecule has 0 aliphatic rings. The van der Waals surface area contributed by atoms with E-state index in [1.54, 1.807) is 0 Å². The first kappa shape index (κ1) is 29.0. The van der Waals surface area contributed by atoms with Crippen LogP contribution in [-0.2, 0) is 0 Å². The van der Waals surface area contributed by atoms with E-state index in [1.807, 2.05) is 36.4 Å². The highest BCUT2D eigenvalue weighted by Gasteiger charge is 2.20. The summed E-state index contributed by atoms with van der Waals surface area (Å²) in [7, 11) is 0. The zero-order chi connectivity index (χ0) is 33.7. The number of furan rings is 1. The fourth-order valence-electron chi connectivity index (χ4n) is 7.11. The molecule has 0 amide bonds. The third-order valence-electron chi connectivity index (χ3n) is 9.66. The largest absolute Gasteiger partial charge is 0.456 e. The highest BCUT2D eigenvalue weighted by Crippen LogP contribution is 2.41. The van der Waals surface area contributed by atoms with Crippen molar-refractivity contribution in [2.75, 3.05) is 0 Å². The third kappa shape index (κ3) is 5.22. The molecule has 8 aromatic carbocycles. The van der Waals surface area contributed by atoms with Crippen LogP contribution in [0, 0.1) is 0 Å². The van der Waals surface area contributed by atoms with Crippen LogP contribution in [0.5, 0.6) is 0 Å². The van der Waals surface area contributed by atoms with Gasteiger partial charge in [-0.05, 0) is 80.2 Å². The first-order valence-electron chi connectivity index (χ1n) is 17.1. The van der Waals surface area contributed by atoms with Crippen molar-refractivity contribution < 1.29 is 4.42 Å². The van der Waals surface area contributed by atoms with Gasteiger partial charge in [-0.3, -0.25) is 0 Å². The molecule has 51 heavy (non-hydrogen) atoms. The summed E-state index contributed by atoms with van der Waals surface area (Å²) >= 11 is 0. The van der Waals surface area contributed by atoms with E-state index in [0.717, 1.165) is 71.5 Å². The Balaban J connectivity index is 1.26. The van der Waals surface area contributed by atoms with Crippen LogP contribution in [0.4, 0.5) is 0 Å². The molecule has 10 rings (SSSR count). The van der Waals surface area contributed by atoms with Crippen LogP contribution in [0.3, 0.4) is 0 Å². The summed E-state index contributed by atoms with van der Waals surface area (Å²) in [6, 6.07) is 61.1. The molecular weight excluding hydrogens is 623 g/mol. The van der Waals surface area contributed by atoms with Crippen LogP contribution in [0.25, 0.3) is 99.9 Å². The number of fused-ring (bicyclic) bond motifs is 5. The molecule has 4 nitrogen and oxygen atoms in total. The second-order valence-corrected chi connectivity index (χ2v) is 12.9. The number of rotatable bonds is 5. The van der Waals surface area contributed by atoms with Gasteiger partial charge in [0.25, 0.3) is 0 Å². The molecule has 0 bridgehead atoms. The normalized spacial score (nSPS) is 11.5. The first-order chi connectivity index (χ1) is 25.2. The van der Waals surface area contributed by atoms with Crippen molar-refractivity contribution in [2.45, 2.75) is 0 Å². The number of aromatic nitrogens is 3. The lowest BCUT2D eigenvalue weighted by Crippen LogP contribution is -2.00. The van der Waals surface area contributed by atoms with Gasteiger partial charge in [0.2, 0.25) is 0 Å². The van der Waals surface area contributed by atoms with Gasteiger partial charge in [-0.15, -0.1) is 0 Å². The molecule has 0 saturated carbocycles. The van der Waals surface area contributed by atoms with Crippen molar-refractivity contribution in [3.05, 3.63) is 176 Å². The molecule has 0 aliphatic carbocycles. The van der Waals surface area contributed by atoms with E-state index in [0.29, 0.717) is 17.5 Å². The maximum absolute atomic E-state index is 6.71. The summed E-state index contributed by atoms with van der Waals surface area (Å²) in [4.78, 5) is 15.5. The van der Waals surface area contributed by atoms with Gasteiger partial charge < -0.3 is 4.42 Å². The number of nitrogens with zero attached hydrogens (tertiary/aromatic N) is 3. The van der Waals surface area contributed by atoms with Crippen LogP contribution < -0.4 is 0 Å². The van der Waals surface area contributed by atoms with Crippen molar-refractivity contribution in [3.8, 4) is 56.4 Å². The molecule has 4 heteroatoms. The summed E-state index contributed by atoms with van der Waals surface area (Å²) in [5, 5.41) is 6.59. The minimum atomic E-state index is 0.592. The van der Waals surface area contributed by atoms with Gasteiger partial charge in [0.1, 0.15) is 11.2 Å². The highest BCUT2D eigenvalue weighted by molar-refractivity contribution is 6.16. The van der Waals surface area contributed by atoms with E-state index in [-0.39, 0.29) is 0 Å². The Bertz CT molecular complexity index is 2910. The molecule has 0 spiro atoms. The lowest BCUT2D eigenvalue weighted by Gasteiger charge is -2.12. The fourth-order valence-corrected chi connectivity index (χ4v) is 7.11. The van der Waals surface area contributed by atoms with Gasteiger partial charge in [-0.1, -0.05) is 140 Å². The molecule has 0 unspecified atom stereocenters. The standard InChI is InChI=1S/C47H29N3O/c1-3-12-30(13-4-1)34-20-11-21-35(24-34)39-27-41(44-40-26-36-18-9-10-19-37(36)28-42(40)51-43(44)29-39)47-49-45(32-15-5-2-6-16-32)48-46(50-47)38-23-22-31-14-7-8-17-33(31)25-38/h1-29H. The summed E-state index contributed by atoms with van der Waals surface area (Å²) in [6.07, 6.45) is 0. The first-order valence-corrected chi connectivity index (χ1v) is 17.1. The van der Waals surface area contributed by atoms with Crippen molar-refractivity contribution in [1.82, 2.24) is 15.0 Å². The molecule has 0 aliphatic heterocycles. The van der Waals surface area contributed by atoms with Crippen LogP contribution >= 0.6 is 0 Å². The van der Waals surface area contributed by atoms with Crippen molar-refractivity contribution in [2.24, 2.45) is 0 Å². The van der Waals surface area contributed by atoms with Gasteiger partial charge in [0.15, 0.2) is 17.5 Å². The molecule has 0 radical (unpaired) electrons. The van der Waals surface area contributed by atoms with Gasteiger partial charge in [0, 0.05) is 27.5 Å². The quantitative estimate of drug-likeness (QED) is 0.186. The number of benzene rings is 8. The maximum Gasteiger partial charge on any atom is 0.164 e. The summed E-state index contributed by atoms with van der Waals surface area (Å²) in [5.74, 6) is 1.83. The van der Waals surface area contributed by atoms with E-state index in [4.69, 9.17) is 19.4 Å². The van der Waals surface area contributed by atoms with E-state index in [9.17, 15) is 0 Å². The fraction of sp³-hybridized carbons (Fsp3) is 0. The zero-order valence-corrected chi connectivity index (χ0v) is 27.5. The molecule has 0 N–H and O–H groups in total. The average Bonchev–Trinajstić information content (AvgIpc) is 3.57. The van der Waals surface area contributed by atoms with Crippen LogP contribution in [0.15, 0.2) is 180 Å². The van der Waals surface area contributed by atoms with Crippen molar-refractivity contribution in [1.29, 1.82) is 0 Å². The van der Waals surface area contributed by atoms with E-state index in [1.165, 1.54) is 10.9 Å². The number of hydrogen-bond donors (Lipinski definition) is 0. The topological polar surface area (TPSA) is 51.8 Å². The smallest absolute Gasteiger partial charge is 0.164 e. The Labute approximate surface area is 294 Å². The lowest BCUT2D eigenvalue weighted by molar-refractivity contribution is 0.669. The van der Waals surface area contributed by atoms with Crippen LogP contribution in [0.1, 0.15) is 0 Å². The molecule has 238 valence electrons. The minimum absolute atomic E-state index is 0.592. The van der Waals surface area contributed by atoms with Crippen LogP contribution in [0.2, 0.25) is 0 Å². The highest BCUT2D eigenvalue weighted by atomic mass is 16.3. The summed E-state index contributed by atoms with van der Waals surface area (Å²) in [6.45, 7) is 0. The van der Waals surface area contributed by atoms with E-state index < -0.39 is 0 Å². The Hall–Kier alpha value is -6.91. The summed E-state index contributed by atoms with van der Waals surface area (Å²) in [5.41, 5.74) is 8.78. The van der Waals surface area contributed by atoms with Crippen molar-refractivity contribution >= 4 is 43.5 Å². The van der Waals surface area contributed by atoms with Gasteiger partial charge in [0.05, 0.1) is 0 Å². The van der Waals surface area contributed by atoms with E-state index >= 15 is 0 Å².